The number of rotatable bonds is 3. The minimum atomic E-state index is -3.79. The summed E-state index contributed by atoms with van der Waals surface area (Å²) in [7, 11) is 1.52. The van der Waals surface area contributed by atoms with E-state index in [1.807, 2.05) is 0 Å². The van der Waals surface area contributed by atoms with Gasteiger partial charge < -0.3 is 10.6 Å². The van der Waals surface area contributed by atoms with E-state index in [-0.39, 0.29) is 4.90 Å². The first-order valence-corrected chi connectivity index (χ1v) is 9.25. The Balaban J connectivity index is 2.09. The molecule has 2 amide bonds. The summed E-state index contributed by atoms with van der Waals surface area (Å²) in [5, 5.41) is 5.29. The molecule has 0 aliphatic carbocycles. The average molecular weight is 404 g/mol. The molecule has 0 radical (unpaired) electrons. The van der Waals surface area contributed by atoms with Crippen LogP contribution in [0.15, 0.2) is 51.8 Å². The highest BCUT2D eigenvalue weighted by atomic mass is 79.9. The van der Waals surface area contributed by atoms with Crippen LogP contribution >= 0.6 is 26.6 Å². The van der Waals surface area contributed by atoms with Gasteiger partial charge in [-0.05, 0) is 55.0 Å². The molecular weight excluding hydrogens is 392 g/mol. The Morgan fingerprint density at radius 2 is 1.59 bits per heavy atom. The van der Waals surface area contributed by atoms with Gasteiger partial charge in [0, 0.05) is 26.5 Å². The van der Waals surface area contributed by atoms with E-state index in [2.05, 4.69) is 26.6 Å². The van der Waals surface area contributed by atoms with Crippen LogP contribution in [0.3, 0.4) is 0 Å². The highest BCUT2D eigenvalue weighted by molar-refractivity contribution is 9.10. The number of nitrogens with one attached hydrogen (secondary N) is 2. The van der Waals surface area contributed by atoms with Gasteiger partial charge in [0.15, 0.2) is 0 Å². The number of halogens is 2. The van der Waals surface area contributed by atoms with Gasteiger partial charge in [-0.3, -0.25) is 0 Å². The number of benzene rings is 2. The summed E-state index contributed by atoms with van der Waals surface area (Å²) in [6, 6.07) is 11.0. The maximum absolute atomic E-state index is 11.9. The Labute approximate surface area is 141 Å². The minimum absolute atomic E-state index is 0.0213. The van der Waals surface area contributed by atoms with Crippen molar-refractivity contribution in [3.05, 3.63) is 52.5 Å². The molecule has 0 aromatic heterocycles. The number of hydrogen-bond acceptors (Lipinski definition) is 3. The minimum Gasteiger partial charge on any atom is -0.308 e. The van der Waals surface area contributed by atoms with Crippen molar-refractivity contribution < 1.29 is 13.2 Å². The van der Waals surface area contributed by atoms with E-state index >= 15 is 0 Å². The van der Waals surface area contributed by atoms with E-state index in [1.54, 1.807) is 31.2 Å². The summed E-state index contributed by atoms with van der Waals surface area (Å²) < 4.78 is 23.5. The van der Waals surface area contributed by atoms with Gasteiger partial charge >= 0.3 is 6.03 Å². The molecule has 2 N–H and O–H groups in total. The fraction of sp³-hybridized carbons (Fsp3) is 0.0714. The summed E-state index contributed by atoms with van der Waals surface area (Å²) in [6.07, 6.45) is 0. The first-order valence-electron chi connectivity index (χ1n) is 6.14. The lowest BCUT2D eigenvalue weighted by Crippen LogP contribution is -2.19. The molecular formula is C14H12BrClN2O3S. The standard InChI is InChI=1S/C14H12BrClN2O3S/c1-9-8-12(6-7-13(9)22(16,20)21)18-14(19)17-11-4-2-10(15)3-5-11/h2-8H,1H3,(H2,17,18,19). The highest BCUT2D eigenvalue weighted by Gasteiger charge is 2.14. The molecule has 2 aromatic carbocycles. The lowest BCUT2D eigenvalue weighted by atomic mass is 10.2. The number of urea groups is 1. The summed E-state index contributed by atoms with van der Waals surface area (Å²) in [5.41, 5.74) is 1.56. The molecule has 8 heteroatoms. The highest BCUT2D eigenvalue weighted by Crippen LogP contribution is 2.23. The molecule has 0 aliphatic heterocycles. The van der Waals surface area contributed by atoms with Crippen LogP contribution in [0, 0.1) is 6.92 Å². The van der Waals surface area contributed by atoms with Crippen molar-refractivity contribution in [3.63, 3.8) is 0 Å². The third-order valence-electron chi connectivity index (χ3n) is 2.80. The molecule has 0 bridgehead atoms. The fourth-order valence-electron chi connectivity index (χ4n) is 1.83. The SMILES string of the molecule is Cc1cc(NC(=O)Nc2ccc(Br)cc2)ccc1S(=O)(=O)Cl. The van der Waals surface area contributed by atoms with E-state index in [1.165, 1.54) is 18.2 Å². The predicted octanol–water partition coefficient (Wildman–Crippen LogP) is 4.33. The summed E-state index contributed by atoms with van der Waals surface area (Å²) in [4.78, 5) is 11.9. The summed E-state index contributed by atoms with van der Waals surface area (Å²) in [6.45, 7) is 1.60. The number of hydrogen-bond donors (Lipinski definition) is 2. The lowest BCUT2D eigenvalue weighted by Gasteiger charge is -2.09. The number of anilines is 2. The zero-order valence-corrected chi connectivity index (χ0v) is 14.6. The molecule has 5 nitrogen and oxygen atoms in total. The Kier molecular flexibility index (Phi) is 5.10. The zero-order valence-electron chi connectivity index (χ0n) is 11.4. The van der Waals surface area contributed by atoms with E-state index in [4.69, 9.17) is 10.7 Å². The number of amides is 2. The monoisotopic (exact) mass is 402 g/mol. The lowest BCUT2D eigenvalue weighted by molar-refractivity contribution is 0.262. The largest absolute Gasteiger partial charge is 0.323 e. The van der Waals surface area contributed by atoms with Crippen molar-refractivity contribution in [1.82, 2.24) is 0 Å². The molecule has 0 spiro atoms. The zero-order chi connectivity index (χ0) is 16.3. The van der Waals surface area contributed by atoms with Gasteiger partial charge in [0.05, 0.1) is 4.90 Å². The normalized spacial score (nSPS) is 11.0. The van der Waals surface area contributed by atoms with Gasteiger partial charge in [0.1, 0.15) is 0 Å². The molecule has 116 valence electrons. The molecule has 0 heterocycles. The van der Waals surface area contributed by atoms with Crippen LogP contribution in [0.4, 0.5) is 16.2 Å². The van der Waals surface area contributed by atoms with Crippen molar-refractivity contribution in [2.24, 2.45) is 0 Å². The molecule has 0 unspecified atom stereocenters. The average Bonchev–Trinajstić information content (AvgIpc) is 2.40. The number of aryl methyl sites for hydroxylation is 1. The van der Waals surface area contributed by atoms with Crippen molar-refractivity contribution >= 4 is 53.1 Å². The summed E-state index contributed by atoms with van der Waals surface area (Å²) in [5.74, 6) is 0. The first-order chi connectivity index (χ1) is 10.3. The van der Waals surface area contributed by atoms with Crippen LogP contribution in [-0.4, -0.2) is 14.4 Å². The van der Waals surface area contributed by atoms with Crippen molar-refractivity contribution in [1.29, 1.82) is 0 Å². The third kappa shape index (κ3) is 4.46. The first kappa shape index (κ1) is 16.8. The third-order valence-corrected chi connectivity index (χ3v) is 4.81. The van der Waals surface area contributed by atoms with Gasteiger partial charge in [-0.1, -0.05) is 15.9 Å². The molecule has 2 rings (SSSR count). The Hall–Kier alpha value is -1.57. The number of carbonyl (C=O) groups excluding carboxylic acids is 1. The van der Waals surface area contributed by atoms with Gasteiger partial charge in [0.2, 0.25) is 0 Å². The molecule has 22 heavy (non-hydrogen) atoms. The van der Waals surface area contributed by atoms with Crippen molar-refractivity contribution in [2.45, 2.75) is 11.8 Å². The van der Waals surface area contributed by atoms with E-state index < -0.39 is 15.1 Å². The molecule has 0 fully saturated rings. The Morgan fingerprint density at radius 3 is 2.14 bits per heavy atom. The summed E-state index contributed by atoms with van der Waals surface area (Å²) >= 11 is 3.31. The molecule has 0 saturated heterocycles. The topological polar surface area (TPSA) is 75.3 Å². The molecule has 0 saturated carbocycles. The second kappa shape index (κ2) is 6.68. The van der Waals surface area contributed by atoms with E-state index in [9.17, 15) is 13.2 Å². The second-order valence-corrected chi connectivity index (χ2v) is 7.95. The maximum atomic E-state index is 11.9. The van der Waals surface area contributed by atoms with Crippen LogP contribution in [-0.2, 0) is 9.05 Å². The second-order valence-electron chi connectivity index (χ2n) is 4.50. The predicted molar refractivity (Wildman–Crippen MR) is 91.0 cm³/mol. The molecule has 0 aliphatic rings. The smallest absolute Gasteiger partial charge is 0.308 e. The Bertz CT molecular complexity index is 807. The molecule has 0 atom stereocenters. The van der Waals surface area contributed by atoms with Gasteiger partial charge in [-0.25, -0.2) is 13.2 Å². The van der Waals surface area contributed by atoms with Crippen LogP contribution in [0.1, 0.15) is 5.56 Å². The number of carbonyl (C=O) groups is 1. The van der Waals surface area contributed by atoms with Crippen LogP contribution in [0.25, 0.3) is 0 Å². The fourth-order valence-corrected chi connectivity index (χ4v) is 3.29. The van der Waals surface area contributed by atoms with E-state index in [0.717, 1.165) is 4.47 Å². The quantitative estimate of drug-likeness (QED) is 0.749. The Morgan fingerprint density at radius 1 is 1.05 bits per heavy atom. The van der Waals surface area contributed by atoms with Crippen LogP contribution < -0.4 is 10.6 Å². The van der Waals surface area contributed by atoms with E-state index in [0.29, 0.717) is 16.9 Å². The van der Waals surface area contributed by atoms with Crippen LogP contribution in [0.5, 0.6) is 0 Å². The van der Waals surface area contributed by atoms with Crippen molar-refractivity contribution in [2.75, 3.05) is 10.6 Å². The van der Waals surface area contributed by atoms with Gasteiger partial charge in [0.25, 0.3) is 9.05 Å². The van der Waals surface area contributed by atoms with Gasteiger partial charge in [-0.2, -0.15) is 0 Å². The maximum Gasteiger partial charge on any atom is 0.323 e. The van der Waals surface area contributed by atoms with Crippen molar-refractivity contribution in [3.8, 4) is 0 Å². The van der Waals surface area contributed by atoms with Gasteiger partial charge in [-0.15, -0.1) is 0 Å². The molecule has 2 aromatic rings. The van der Waals surface area contributed by atoms with Crippen LogP contribution in [0.2, 0.25) is 0 Å².